The third-order valence-corrected chi connectivity index (χ3v) is 4.39. The SMILES string of the molecule is CS(=O)(=O)Cc1cccc(C(=O)Nc2ccc(Cl)c(Cl)c2)c1. The van der Waals surface area contributed by atoms with E-state index in [2.05, 4.69) is 5.32 Å². The molecule has 0 aliphatic rings. The fourth-order valence-electron chi connectivity index (χ4n) is 1.88. The van der Waals surface area contributed by atoms with E-state index in [0.29, 0.717) is 26.9 Å². The fourth-order valence-corrected chi connectivity index (χ4v) is 2.97. The fraction of sp³-hybridized carbons (Fsp3) is 0.133. The number of halogens is 2. The smallest absolute Gasteiger partial charge is 0.255 e. The van der Waals surface area contributed by atoms with Gasteiger partial charge in [0.25, 0.3) is 5.91 Å². The van der Waals surface area contributed by atoms with Crippen LogP contribution in [0.5, 0.6) is 0 Å². The normalized spacial score (nSPS) is 11.2. The van der Waals surface area contributed by atoms with Crippen LogP contribution in [0, 0.1) is 0 Å². The van der Waals surface area contributed by atoms with Gasteiger partial charge in [0, 0.05) is 17.5 Å². The number of benzene rings is 2. The molecule has 0 bridgehead atoms. The van der Waals surface area contributed by atoms with Crippen molar-refractivity contribution in [3.63, 3.8) is 0 Å². The predicted octanol–water partition coefficient (Wildman–Crippen LogP) is 3.79. The molecule has 0 unspecified atom stereocenters. The molecule has 2 aromatic carbocycles. The molecule has 1 N–H and O–H groups in total. The highest BCUT2D eigenvalue weighted by atomic mass is 35.5. The summed E-state index contributed by atoms with van der Waals surface area (Å²) in [5, 5.41) is 3.42. The van der Waals surface area contributed by atoms with Gasteiger partial charge in [0.15, 0.2) is 9.84 Å². The summed E-state index contributed by atoms with van der Waals surface area (Å²) >= 11 is 11.7. The molecule has 0 saturated heterocycles. The standard InChI is InChI=1S/C15H13Cl2NO3S/c1-22(20,21)9-10-3-2-4-11(7-10)15(19)18-12-5-6-13(16)14(17)8-12/h2-8H,9H2,1H3,(H,18,19). The summed E-state index contributed by atoms with van der Waals surface area (Å²) in [6, 6.07) is 11.2. The van der Waals surface area contributed by atoms with Gasteiger partial charge < -0.3 is 5.32 Å². The summed E-state index contributed by atoms with van der Waals surface area (Å²) in [4.78, 5) is 12.2. The molecular weight excluding hydrogens is 345 g/mol. The molecule has 0 saturated carbocycles. The second kappa shape index (κ2) is 6.69. The topological polar surface area (TPSA) is 63.2 Å². The molecular formula is C15H13Cl2NO3S. The molecule has 0 fully saturated rings. The molecule has 116 valence electrons. The lowest BCUT2D eigenvalue weighted by atomic mass is 10.1. The highest BCUT2D eigenvalue weighted by Crippen LogP contribution is 2.25. The first-order valence-corrected chi connectivity index (χ1v) is 9.09. The van der Waals surface area contributed by atoms with Crippen LogP contribution >= 0.6 is 23.2 Å². The van der Waals surface area contributed by atoms with Crippen LogP contribution in [0.15, 0.2) is 42.5 Å². The van der Waals surface area contributed by atoms with Crippen molar-refractivity contribution in [2.24, 2.45) is 0 Å². The van der Waals surface area contributed by atoms with Gasteiger partial charge in [-0.15, -0.1) is 0 Å². The molecule has 4 nitrogen and oxygen atoms in total. The van der Waals surface area contributed by atoms with E-state index in [-0.39, 0.29) is 11.7 Å². The van der Waals surface area contributed by atoms with Gasteiger partial charge in [0.2, 0.25) is 0 Å². The molecule has 0 radical (unpaired) electrons. The second-order valence-corrected chi connectivity index (χ2v) is 7.81. The van der Waals surface area contributed by atoms with Crippen LogP contribution in [-0.2, 0) is 15.6 Å². The quantitative estimate of drug-likeness (QED) is 0.905. The minimum atomic E-state index is -3.15. The molecule has 7 heteroatoms. The largest absolute Gasteiger partial charge is 0.322 e. The van der Waals surface area contributed by atoms with E-state index in [0.717, 1.165) is 6.26 Å². The number of sulfone groups is 1. The minimum absolute atomic E-state index is 0.110. The van der Waals surface area contributed by atoms with Crippen molar-refractivity contribution in [3.8, 4) is 0 Å². The molecule has 0 spiro atoms. The van der Waals surface area contributed by atoms with Gasteiger partial charge in [-0.25, -0.2) is 8.42 Å². The Morgan fingerprint density at radius 3 is 2.45 bits per heavy atom. The Morgan fingerprint density at radius 2 is 1.82 bits per heavy atom. The molecule has 22 heavy (non-hydrogen) atoms. The summed E-state index contributed by atoms with van der Waals surface area (Å²) in [6.07, 6.45) is 1.15. The Kier molecular flexibility index (Phi) is 5.11. The third-order valence-electron chi connectivity index (χ3n) is 2.80. The van der Waals surface area contributed by atoms with Crippen LogP contribution < -0.4 is 5.32 Å². The lowest BCUT2D eigenvalue weighted by molar-refractivity contribution is 0.102. The summed E-state index contributed by atoms with van der Waals surface area (Å²) in [5.41, 5.74) is 1.43. The van der Waals surface area contributed by atoms with Gasteiger partial charge in [0.1, 0.15) is 0 Å². The van der Waals surface area contributed by atoms with Crippen molar-refractivity contribution in [1.82, 2.24) is 0 Å². The Hall–Kier alpha value is -1.56. The first-order chi connectivity index (χ1) is 10.2. The second-order valence-electron chi connectivity index (χ2n) is 4.85. The average molecular weight is 358 g/mol. The van der Waals surface area contributed by atoms with Crippen LogP contribution in [0.4, 0.5) is 5.69 Å². The molecule has 0 aliphatic heterocycles. The van der Waals surface area contributed by atoms with Gasteiger partial charge in [-0.2, -0.15) is 0 Å². The van der Waals surface area contributed by atoms with Crippen LogP contribution in [0.3, 0.4) is 0 Å². The number of carbonyl (C=O) groups is 1. The van der Waals surface area contributed by atoms with E-state index in [1.165, 1.54) is 0 Å². The van der Waals surface area contributed by atoms with Gasteiger partial charge in [-0.1, -0.05) is 35.3 Å². The van der Waals surface area contributed by atoms with Crippen molar-refractivity contribution >= 4 is 44.6 Å². The predicted molar refractivity (Wildman–Crippen MR) is 89.4 cm³/mol. The maximum atomic E-state index is 12.2. The van der Waals surface area contributed by atoms with E-state index < -0.39 is 9.84 Å². The molecule has 0 aliphatic carbocycles. The van der Waals surface area contributed by atoms with Gasteiger partial charge >= 0.3 is 0 Å². The Labute approximate surface area is 139 Å². The number of nitrogens with one attached hydrogen (secondary N) is 1. The molecule has 2 rings (SSSR count). The zero-order chi connectivity index (χ0) is 16.3. The molecule has 2 aromatic rings. The third kappa shape index (κ3) is 4.73. The summed E-state index contributed by atoms with van der Waals surface area (Å²) in [6.45, 7) is 0. The molecule has 0 atom stereocenters. The van der Waals surface area contributed by atoms with Crippen molar-refractivity contribution in [2.45, 2.75) is 5.75 Å². The highest BCUT2D eigenvalue weighted by molar-refractivity contribution is 7.89. The Morgan fingerprint density at radius 1 is 1.09 bits per heavy atom. The van der Waals surface area contributed by atoms with Crippen molar-refractivity contribution < 1.29 is 13.2 Å². The average Bonchev–Trinajstić information content (AvgIpc) is 2.41. The lowest BCUT2D eigenvalue weighted by Gasteiger charge is -2.08. The number of anilines is 1. The first-order valence-electron chi connectivity index (χ1n) is 6.28. The van der Waals surface area contributed by atoms with E-state index in [9.17, 15) is 13.2 Å². The number of rotatable bonds is 4. The van der Waals surface area contributed by atoms with E-state index >= 15 is 0 Å². The number of hydrogen-bond acceptors (Lipinski definition) is 3. The lowest BCUT2D eigenvalue weighted by Crippen LogP contribution is -2.12. The zero-order valence-electron chi connectivity index (χ0n) is 11.6. The first kappa shape index (κ1) is 16.8. The summed E-state index contributed by atoms with van der Waals surface area (Å²) in [5.74, 6) is -0.463. The van der Waals surface area contributed by atoms with Crippen molar-refractivity contribution in [1.29, 1.82) is 0 Å². The monoisotopic (exact) mass is 357 g/mol. The van der Waals surface area contributed by atoms with Crippen LogP contribution in [0.1, 0.15) is 15.9 Å². The van der Waals surface area contributed by atoms with E-state index in [1.807, 2.05) is 0 Å². The van der Waals surface area contributed by atoms with Crippen LogP contribution in [0.2, 0.25) is 10.0 Å². The van der Waals surface area contributed by atoms with Crippen LogP contribution in [-0.4, -0.2) is 20.6 Å². The van der Waals surface area contributed by atoms with Gasteiger partial charge in [0.05, 0.1) is 15.8 Å². The number of carbonyl (C=O) groups excluding carboxylic acids is 1. The molecule has 1 amide bonds. The molecule has 0 aromatic heterocycles. The molecule has 0 heterocycles. The van der Waals surface area contributed by atoms with Gasteiger partial charge in [-0.05, 0) is 35.9 Å². The summed E-state index contributed by atoms with van der Waals surface area (Å²) in [7, 11) is -3.15. The Balaban J connectivity index is 2.19. The summed E-state index contributed by atoms with van der Waals surface area (Å²) < 4.78 is 22.6. The highest BCUT2D eigenvalue weighted by Gasteiger charge is 2.10. The number of hydrogen-bond donors (Lipinski definition) is 1. The Bertz CT molecular complexity index is 819. The number of amides is 1. The maximum Gasteiger partial charge on any atom is 0.255 e. The zero-order valence-corrected chi connectivity index (χ0v) is 14.0. The van der Waals surface area contributed by atoms with Crippen molar-refractivity contribution in [3.05, 3.63) is 63.6 Å². The van der Waals surface area contributed by atoms with Crippen molar-refractivity contribution in [2.75, 3.05) is 11.6 Å². The maximum absolute atomic E-state index is 12.2. The van der Waals surface area contributed by atoms with Crippen LogP contribution in [0.25, 0.3) is 0 Å². The minimum Gasteiger partial charge on any atom is -0.322 e. The van der Waals surface area contributed by atoms with E-state index in [4.69, 9.17) is 23.2 Å². The van der Waals surface area contributed by atoms with Gasteiger partial charge in [-0.3, -0.25) is 4.79 Å². The van der Waals surface area contributed by atoms with E-state index in [1.54, 1.807) is 42.5 Å².